The Kier molecular flexibility index (Phi) is 4.20. The highest BCUT2D eigenvalue weighted by Crippen LogP contribution is 2.22. The van der Waals surface area contributed by atoms with Gasteiger partial charge < -0.3 is 9.97 Å². The first kappa shape index (κ1) is 16.3. The van der Waals surface area contributed by atoms with E-state index in [1.54, 1.807) is 18.2 Å². The quantitative estimate of drug-likeness (QED) is 0.483. The van der Waals surface area contributed by atoms with E-state index in [0.29, 0.717) is 11.2 Å². The minimum absolute atomic E-state index is 0.0211. The SMILES string of the molecule is CSc1cccc(NS(=O)(=O)c2ccc3[nH]c(=O)c(=O)[nH]c3c2)c1. The van der Waals surface area contributed by atoms with E-state index in [9.17, 15) is 18.0 Å². The van der Waals surface area contributed by atoms with E-state index in [1.807, 2.05) is 12.3 Å². The normalized spacial score (nSPS) is 11.5. The van der Waals surface area contributed by atoms with E-state index in [-0.39, 0.29) is 10.4 Å². The number of nitrogens with one attached hydrogen (secondary N) is 3. The molecule has 0 atom stereocenters. The molecule has 2 aromatic carbocycles. The molecule has 1 aromatic heterocycles. The Hall–Kier alpha value is -2.52. The van der Waals surface area contributed by atoms with Crippen LogP contribution in [0, 0.1) is 0 Å². The van der Waals surface area contributed by atoms with E-state index >= 15 is 0 Å². The van der Waals surface area contributed by atoms with E-state index in [0.717, 1.165) is 4.90 Å². The van der Waals surface area contributed by atoms with Crippen LogP contribution in [0.1, 0.15) is 0 Å². The van der Waals surface area contributed by atoms with Crippen LogP contribution in [0.5, 0.6) is 0 Å². The van der Waals surface area contributed by atoms with E-state index in [4.69, 9.17) is 0 Å². The second-order valence-corrected chi connectivity index (χ2v) is 7.52. The molecule has 0 bridgehead atoms. The fourth-order valence-corrected chi connectivity index (χ4v) is 3.70. The average Bonchev–Trinajstić information content (AvgIpc) is 2.55. The van der Waals surface area contributed by atoms with Crippen molar-refractivity contribution in [2.24, 2.45) is 0 Å². The number of fused-ring (bicyclic) bond motifs is 1. The minimum Gasteiger partial charge on any atom is -0.316 e. The fraction of sp³-hybridized carbons (Fsp3) is 0.0667. The molecule has 0 aliphatic carbocycles. The lowest BCUT2D eigenvalue weighted by atomic mass is 10.3. The molecule has 1 heterocycles. The maximum absolute atomic E-state index is 12.5. The number of hydrogen-bond acceptors (Lipinski definition) is 5. The molecule has 0 saturated heterocycles. The molecule has 3 rings (SSSR count). The Morgan fingerprint density at radius 3 is 2.38 bits per heavy atom. The molecule has 3 aromatic rings. The minimum atomic E-state index is -3.83. The molecule has 124 valence electrons. The van der Waals surface area contributed by atoms with Gasteiger partial charge in [-0.2, -0.15) is 0 Å². The summed E-state index contributed by atoms with van der Waals surface area (Å²) in [5.74, 6) is 0. The molecule has 0 radical (unpaired) electrons. The van der Waals surface area contributed by atoms with Gasteiger partial charge in [0.1, 0.15) is 0 Å². The highest BCUT2D eigenvalue weighted by molar-refractivity contribution is 7.98. The number of aromatic nitrogens is 2. The third-order valence-electron chi connectivity index (χ3n) is 3.33. The predicted octanol–water partition coefficient (Wildman–Crippen LogP) is 1.74. The van der Waals surface area contributed by atoms with Gasteiger partial charge in [-0.25, -0.2) is 8.42 Å². The van der Waals surface area contributed by atoms with Gasteiger partial charge in [-0.3, -0.25) is 14.3 Å². The zero-order chi connectivity index (χ0) is 17.3. The van der Waals surface area contributed by atoms with Gasteiger partial charge in [-0.15, -0.1) is 11.8 Å². The van der Waals surface area contributed by atoms with Gasteiger partial charge in [0.05, 0.1) is 15.9 Å². The number of thioether (sulfide) groups is 1. The van der Waals surface area contributed by atoms with Crippen molar-refractivity contribution in [2.45, 2.75) is 9.79 Å². The van der Waals surface area contributed by atoms with Crippen molar-refractivity contribution in [1.82, 2.24) is 9.97 Å². The zero-order valence-electron chi connectivity index (χ0n) is 12.5. The maximum Gasteiger partial charge on any atom is 0.314 e. The maximum atomic E-state index is 12.5. The Balaban J connectivity index is 2.02. The molecule has 0 spiro atoms. The van der Waals surface area contributed by atoms with Gasteiger partial charge in [-0.05, 0) is 42.7 Å². The zero-order valence-corrected chi connectivity index (χ0v) is 14.1. The molecule has 3 N–H and O–H groups in total. The number of sulfonamides is 1. The summed E-state index contributed by atoms with van der Waals surface area (Å²) in [6, 6.07) is 11.1. The molecule has 0 aliphatic rings. The number of rotatable bonds is 4. The Morgan fingerprint density at radius 2 is 1.67 bits per heavy atom. The second-order valence-electron chi connectivity index (χ2n) is 4.95. The number of H-pyrrole nitrogens is 2. The van der Waals surface area contributed by atoms with Crippen LogP contribution in [0.3, 0.4) is 0 Å². The second kappa shape index (κ2) is 6.17. The highest BCUT2D eigenvalue weighted by Gasteiger charge is 2.15. The summed E-state index contributed by atoms with van der Waals surface area (Å²) in [6.07, 6.45) is 1.90. The molecule has 24 heavy (non-hydrogen) atoms. The first-order valence-corrected chi connectivity index (χ1v) is 9.53. The predicted molar refractivity (Wildman–Crippen MR) is 94.2 cm³/mol. The summed E-state index contributed by atoms with van der Waals surface area (Å²) in [4.78, 5) is 28.3. The molecule has 9 heteroatoms. The van der Waals surface area contributed by atoms with Gasteiger partial charge in [-0.1, -0.05) is 6.07 Å². The van der Waals surface area contributed by atoms with Crippen molar-refractivity contribution in [3.8, 4) is 0 Å². The Bertz CT molecular complexity index is 1130. The van der Waals surface area contributed by atoms with Crippen LogP contribution in [0.4, 0.5) is 5.69 Å². The highest BCUT2D eigenvalue weighted by atomic mass is 32.2. The van der Waals surface area contributed by atoms with E-state index < -0.39 is 21.1 Å². The fourth-order valence-electron chi connectivity index (χ4n) is 2.16. The van der Waals surface area contributed by atoms with Gasteiger partial charge in [0.25, 0.3) is 10.0 Å². The third-order valence-corrected chi connectivity index (χ3v) is 5.43. The van der Waals surface area contributed by atoms with Crippen LogP contribution in [0.25, 0.3) is 11.0 Å². The number of benzene rings is 2. The Labute approximate surface area is 141 Å². The lowest BCUT2D eigenvalue weighted by Crippen LogP contribution is -2.29. The van der Waals surface area contributed by atoms with Crippen molar-refractivity contribution in [1.29, 1.82) is 0 Å². The van der Waals surface area contributed by atoms with E-state index in [2.05, 4.69) is 14.7 Å². The van der Waals surface area contributed by atoms with Crippen LogP contribution in [-0.2, 0) is 10.0 Å². The van der Waals surface area contributed by atoms with E-state index in [1.165, 1.54) is 30.0 Å². The summed E-state index contributed by atoms with van der Waals surface area (Å²) < 4.78 is 27.5. The van der Waals surface area contributed by atoms with Crippen molar-refractivity contribution in [2.75, 3.05) is 11.0 Å². The molecule has 0 unspecified atom stereocenters. The van der Waals surface area contributed by atoms with Crippen molar-refractivity contribution in [3.63, 3.8) is 0 Å². The van der Waals surface area contributed by atoms with Crippen molar-refractivity contribution in [3.05, 3.63) is 63.2 Å². The molecule has 0 aliphatic heterocycles. The van der Waals surface area contributed by atoms with Crippen LogP contribution in [-0.4, -0.2) is 24.6 Å². The molecule has 0 saturated carbocycles. The molecule has 0 fully saturated rings. The lowest BCUT2D eigenvalue weighted by molar-refractivity contribution is 0.601. The third kappa shape index (κ3) is 3.22. The summed E-state index contributed by atoms with van der Waals surface area (Å²) in [6.45, 7) is 0. The van der Waals surface area contributed by atoms with Gasteiger partial charge >= 0.3 is 11.1 Å². The Morgan fingerprint density at radius 1 is 0.958 bits per heavy atom. The summed E-state index contributed by atoms with van der Waals surface area (Å²) in [5.41, 5.74) is -0.594. The molecular formula is C15H13N3O4S2. The first-order chi connectivity index (χ1) is 11.4. The van der Waals surface area contributed by atoms with Gasteiger partial charge in [0.15, 0.2) is 0 Å². The summed E-state index contributed by atoms with van der Waals surface area (Å²) >= 11 is 1.50. The largest absolute Gasteiger partial charge is 0.316 e. The summed E-state index contributed by atoms with van der Waals surface area (Å²) in [5, 5.41) is 0. The number of anilines is 1. The standard InChI is InChI=1S/C15H13N3O4S2/c1-23-10-4-2-3-9(7-10)18-24(21,22)11-5-6-12-13(8-11)17-15(20)14(19)16-12/h2-8,18H,1H3,(H,16,19)(H,17,20). The lowest BCUT2D eigenvalue weighted by Gasteiger charge is -2.09. The molecular weight excluding hydrogens is 350 g/mol. The number of hydrogen-bond donors (Lipinski definition) is 3. The van der Waals surface area contributed by atoms with Gasteiger partial charge in [0.2, 0.25) is 0 Å². The van der Waals surface area contributed by atoms with Crippen molar-refractivity contribution < 1.29 is 8.42 Å². The van der Waals surface area contributed by atoms with Crippen LogP contribution in [0.2, 0.25) is 0 Å². The topological polar surface area (TPSA) is 112 Å². The molecule has 0 amide bonds. The first-order valence-electron chi connectivity index (χ1n) is 6.82. The van der Waals surface area contributed by atoms with Crippen LogP contribution in [0.15, 0.2) is 61.8 Å². The smallest absolute Gasteiger partial charge is 0.314 e. The summed E-state index contributed by atoms with van der Waals surface area (Å²) in [7, 11) is -3.83. The monoisotopic (exact) mass is 363 g/mol. The molecule has 7 nitrogen and oxygen atoms in total. The van der Waals surface area contributed by atoms with Gasteiger partial charge in [0, 0.05) is 10.6 Å². The number of aromatic amines is 2. The van der Waals surface area contributed by atoms with Crippen molar-refractivity contribution >= 4 is 38.5 Å². The van der Waals surface area contributed by atoms with Crippen LogP contribution >= 0.6 is 11.8 Å². The average molecular weight is 363 g/mol. The van der Waals surface area contributed by atoms with Crippen LogP contribution < -0.4 is 15.8 Å².